The van der Waals surface area contributed by atoms with Crippen LogP contribution in [-0.4, -0.2) is 32.7 Å². The van der Waals surface area contributed by atoms with E-state index in [0.29, 0.717) is 5.56 Å². The summed E-state index contributed by atoms with van der Waals surface area (Å²) in [6.07, 6.45) is 1.52. The van der Waals surface area contributed by atoms with Crippen molar-refractivity contribution in [1.29, 1.82) is 0 Å². The van der Waals surface area contributed by atoms with E-state index in [2.05, 4.69) is 5.43 Å². The quantitative estimate of drug-likeness (QED) is 0.191. The van der Waals surface area contributed by atoms with E-state index in [1.807, 2.05) is 0 Å². The van der Waals surface area contributed by atoms with Crippen LogP contribution in [0.4, 0.5) is 5.69 Å². The second-order valence-electron chi connectivity index (χ2n) is 5.89. The average molecular weight is 519 g/mol. The van der Waals surface area contributed by atoms with Gasteiger partial charge < -0.3 is 4.74 Å². The first kappa shape index (κ1) is 23.3. The zero-order valence-corrected chi connectivity index (χ0v) is 19.0. The minimum atomic E-state index is -0.657. The minimum Gasteiger partial charge on any atom is -0.482 e. The van der Waals surface area contributed by atoms with Gasteiger partial charge in [-0.3, -0.25) is 25.1 Å². The lowest BCUT2D eigenvalue weighted by Gasteiger charge is -2.16. The van der Waals surface area contributed by atoms with E-state index in [4.69, 9.17) is 51.8 Å². The van der Waals surface area contributed by atoms with Crippen LogP contribution >= 0.6 is 58.8 Å². The Hall–Kier alpha value is -2.37. The van der Waals surface area contributed by atoms with E-state index in [-0.39, 0.29) is 35.7 Å². The smallest absolute Gasteiger partial charge is 0.285 e. The van der Waals surface area contributed by atoms with Gasteiger partial charge in [-0.25, -0.2) is 0 Å². The summed E-state index contributed by atoms with van der Waals surface area (Å²) in [4.78, 5) is 35.2. The molecule has 1 fully saturated rings. The number of carbonyl (C=O) groups excluding carboxylic acids is 2. The van der Waals surface area contributed by atoms with Crippen molar-refractivity contribution in [2.75, 3.05) is 6.61 Å². The van der Waals surface area contributed by atoms with Gasteiger partial charge in [0, 0.05) is 18.2 Å². The number of amides is 2. The second-order valence-corrected chi connectivity index (χ2v) is 8.78. The monoisotopic (exact) mass is 517 g/mol. The van der Waals surface area contributed by atoms with Crippen LogP contribution in [-0.2, 0) is 9.59 Å². The van der Waals surface area contributed by atoms with Gasteiger partial charge in [0.15, 0.2) is 10.9 Å². The first-order chi connectivity index (χ1) is 14.7. The summed E-state index contributed by atoms with van der Waals surface area (Å²) in [7, 11) is 0. The topological polar surface area (TPSA) is 102 Å². The number of carbonyl (C=O) groups is 2. The third-order valence-electron chi connectivity index (χ3n) is 3.77. The number of ether oxygens (including phenoxy) is 1. The fourth-order valence-corrected chi connectivity index (χ4v) is 4.09. The number of thioether (sulfide) groups is 1. The summed E-state index contributed by atoms with van der Waals surface area (Å²) in [5.74, 6) is -1.06. The molecule has 8 nitrogen and oxygen atoms in total. The number of non-ortho nitro benzene ring substituents is 1. The van der Waals surface area contributed by atoms with Gasteiger partial charge in [0.25, 0.3) is 17.5 Å². The lowest BCUT2D eigenvalue weighted by molar-refractivity contribution is -0.384. The zero-order chi connectivity index (χ0) is 22.7. The van der Waals surface area contributed by atoms with E-state index in [9.17, 15) is 19.7 Å². The first-order valence-corrected chi connectivity index (χ1v) is 10.6. The Balaban J connectivity index is 1.63. The van der Waals surface area contributed by atoms with Crippen LogP contribution in [0, 0.1) is 10.1 Å². The molecule has 1 heterocycles. The van der Waals surface area contributed by atoms with Crippen molar-refractivity contribution in [2.45, 2.75) is 0 Å². The van der Waals surface area contributed by atoms with E-state index in [1.165, 1.54) is 42.5 Å². The molecule has 1 aliphatic heterocycles. The van der Waals surface area contributed by atoms with Gasteiger partial charge in [-0.2, -0.15) is 5.01 Å². The number of benzene rings is 2. The average Bonchev–Trinajstić information content (AvgIpc) is 2.97. The number of nitro groups is 1. The van der Waals surface area contributed by atoms with E-state index >= 15 is 0 Å². The van der Waals surface area contributed by atoms with Crippen LogP contribution in [0.25, 0.3) is 6.08 Å². The molecule has 0 radical (unpaired) electrons. The molecular weight excluding hydrogens is 509 g/mol. The SMILES string of the molecule is O=C(COc1cc(Cl)c(Cl)cc1Cl)NN1C(=O)C(=Cc2ccc([N+](=O)[O-])cc2)SC1=S. The third-order valence-corrected chi connectivity index (χ3v) is 6.09. The molecule has 2 amide bonds. The van der Waals surface area contributed by atoms with Crippen LogP contribution in [0.15, 0.2) is 41.3 Å². The van der Waals surface area contributed by atoms with Crippen LogP contribution < -0.4 is 10.2 Å². The number of nitrogens with one attached hydrogen (secondary N) is 1. The maximum absolute atomic E-state index is 12.6. The number of hydrogen-bond acceptors (Lipinski definition) is 7. The summed E-state index contributed by atoms with van der Waals surface area (Å²) in [5.41, 5.74) is 2.85. The van der Waals surface area contributed by atoms with E-state index in [0.717, 1.165) is 16.8 Å². The molecule has 0 saturated carbocycles. The highest BCUT2D eigenvalue weighted by molar-refractivity contribution is 8.26. The maximum Gasteiger partial charge on any atom is 0.285 e. The van der Waals surface area contributed by atoms with E-state index < -0.39 is 23.3 Å². The van der Waals surface area contributed by atoms with Crippen molar-refractivity contribution in [3.63, 3.8) is 0 Å². The Morgan fingerprint density at radius 2 is 1.84 bits per heavy atom. The van der Waals surface area contributed by atoms with Gasteiger partial charge in [0.2, 0.25) is 0 Å². The van der Waals surface area contributed by atoms with Crippen molar-refractivity contribution < 1.29 is 19.2 Å². The predicted octanol–water partition coefficient (Wildman–Crippen LogP) is 4.87. The fourth-order valence-electron chi connectivity index (χ4n) is 2.32. The van der Waals surface area contributed by atoms with Gasteiger partial charge in [-0.1, -0.05) is 46.6 Å². The van der Waals surface area contributed by atoms with Crippen molar-refractivity contribution in [1.82, 2.24) is 10.4 Å². The highest BCUT2D eigenvalue weighted by atomic mass is 35.5. The number of thiocarbonyl (C=S) groups is 1. The van der Waals surface area contributed by atoms with Gasteiger partial charge in [0.05, 0.1) is 24.9 Å². The summed E-state index contributed by atoms with van der Waals surface area (Å²) in [5, 5.41) is 12.3. The Kier molecular flexibility index (Phi) is 7.39. The molecule has 2 aromatic rings. The fraction of sp³-hybridized carbons (Fsp3) is 0.0556. The lowest BCUT2D eigenvalue weighted by atomic mass is 10.2. The van der Waals surface area contributed by atoms with Crippen molar-refractivity contribution in [2.24, 2.45) is 0 Å². The lowest BCUT2D eigenvalue weighted by Crippen LogP contribution is -2.46. The van der Waals surface area contributed by atoms with Crippen molar-refractivity contribution >= 4 is 86.7 Å². The molecule has 2 aromatic carbocycles. The zero-order valence-electron chi connectivity index (χ0n) is 15.1. The van der Waals surface area contributed by atoms with Crippen LogP contribution in [0.5, 0.6) is 5.75 Å². The van der Waals surface area contributed by atoms with Crippen LogP contribution in [0.2, 0.25) is 15.1 Å². The minimum absolute atomic E-state index is 0.0703. The van der Waals surface area contributed by atoms with Crippen LogP contribution in [0.1, 0.15) is 5.56 Å². The molecular formula is C18H10Cl3N3O5S2. The van der Waals surface area contributed by atoms with Gasteiger partial charge in [-0.15, -0.1) is 0 Å². The Labute approximate surface area is 200 Å². The molecule has 160 valence electrons. The molecule has 0 bridgehead atoms. The maximum atomic E-state index is 12.6. The van der Waals surface area contributed by atoms with Crippen molar-refractivity contribution in [3.05, 3.63) is 72.0 Å². The Morgan fingerprint density at radius 1 is 1.19 bits per heavy atom. The van der Waals surface area contributed by atoms with Crippen LogP contribution in [0.3, 0.4) is 0 Å². The molecule has 1 aliphatic rings. The number of halogens is 3. The standard InChI is InChI=1S/C18H10Cl3N3O5S2/c19-11-6-13(21)14(7-12(11)20)29-8-16(25)22-23-17(26)15(31-18(23)30)5-9-1-3-10(4-2-9)24(27)28/h1-7H,8H2,(H,22,25). The molecule has 0 aliphatic carbocycles. The molecule has 0 unspecified atom stereocenters. The molecule has 1 N–H and O–H groups in total. The van der Waals surface area contributed by atoms with Gasteiger partial charge in [0.1, 0.15) is 5.75 Å². The first-order valence-electron chi connectivity index (χ1n) is 8.25. The predicted molar refractivity (Wildman–Crippen MR) is 123 cm³/mol. The molecule has 0 spiro atoms. The molecule has 1 saturated heterocycles. The largest absolute Gasteiger partial charge is 0.482 e. The summed E-state index contributed by atoms with van der Waals surface area (Å²) in [6, 6.07) is 8.38. The van der Waals surface area contributed by atoms with Gasteiger partial charge >= 0.3 is 0 Å². The summed E-state index contributed by atoms with van der Waals surface area (Å²) < 4.78 is 5.43. The Morgan fingerprint density at radius 3 is 2.48 bits per heavy atom. The summed E-state index contributed by atoms with van der Waals surface area (Å²) >= 11 is 23.9. The normalized spacial score (nSPS) is 14.8. The van der Waals surface area contributed by atoms with Crippen molar-refractivity contribution in [3.8, 4) is 5.75 Å². The number of hydrogen-bond donors (Lipinski definition) is 1. The number of hydrazine groups is 1. The molecule has 3 rings (SSSR count). The Bertz CT molecular complexity index is 1130. The molecule has 31 heavy (non-hydrogen) atoms. The van der Waals surface area contributed by atoms with Gasteiger partial charge in [-0.05, 0) is 42.1 Å². The second kappa shape index (κ2) is 9.84. The number of nitrogens with zero attached hydrogens (tertiary/aromatic N) is 2. The summed E-state index contributed by atoms with van der Waals surface area (Å²) in [6.45, 7) is -0.462. The highest BCUT2D eigenvalue weighted by Crippen LogP contribution is 2.34. The molecule has 0 atom stereocenters. The highest BCUT2D eigenvalue weighted by Gasteiger charge is 2.33. The number of rotatable bonds is 6. The third kappa shape index (κ3) is 5.66. The number of nitro benzene ring substituents is 1. The van der Waals surface area contributed by atoms with E-state index in [1.54, 1.807) is 0 Å². The molecule has 0 aromatic heterocycles. The molecule has 13 heteroatoms.